The maximum atomic E-state index is 9.17. The molecule has 2 aromatic carbocycles. The summed E-state index contributed by atoms with van der Waals surface area (Å²) in [5.74, 6) is -0.114. The molecule has 0 radical (unpaired) electrons. The Bertz CT molecular complexity index is 485. The van der Waals surface area contributed by atoms with Crippen molar-refractivity contribution in [2.24, 2.45) is 0 Å². The van der Waals surface area contributed by atoms with Gasteiger partial charge in [-0.2, -0.15) is 5.26 Å². The van der Waals surface area contributed by atoms with Crippen molar-refractivity contribution in [3.8, 4) is 6.07 Å². The molecule has 1 unspecified atom stereocenters. The highest BCUT2D eigenvalue weighted by Crippen LogP contribution is 2.15. The molecule has 0 aromatic heterocycles. The van der Waals surface area contributed by atoms with Gasteiger partial charge in [0.15, 0.2) is 0 Å². The Labute approximate surface area is 102 Å². The zero-order chi connectivity index (χ0) is 11.9. The molecule has 0 spiro atoms. The summed E-state index contributed by atoms with van der Waals surface area (Å²) in [5.41, 5.74) is 2.10. The number of nitrogens with one attached hydrogen (secondary N) is 1. The van der Waals surface area contributed by atoms with Gasteiger partial charge < -0.3 is 5.32 Å². The van der Waals surface area contributed by atoms with Crippen molar-refractivity contribution >= 4 is 5.69 Å². The van der Waals surface area contributed by atoms with Gasteiger partial charge in [-0.1, -0.05) is 48.5 Å². The zero-order valence-electron chi connectivity index (χ0n) is 9.51. The highest BCUT2D eigenvalue weighted by Gasteiger charge is 2.09. The highest BCUT2D eigenvalue weighted by atomic mass is 14.9. The Morgan fingerprint density at radius 1 is 0.941 bits per heavy atom. The normalized spacial score (nSPS) is 11.5. The number of anilines is 1. The molecule has 84 valence electrons. The number of hydrogen-bond acceptors (Lipinski definition) is 2. The van der Waals surface area contributed by atoms with Crippen LogP contribution in [0.15, 0.2) is 60.7 Å². The Kier molecular flexibility index (Phi) is 3.77. The van der Waals surface area contributed by atoms with E-state index < -0.39 is 0 Å². The molecule has 0 amide bonds. The van der Waals surface area contributed by atoms with E-state index in [9.17, 15) is 0 Å². The molecule has 17 heavy (non-hydrogen) atoms. The second kappa shape index (κ2) is 5.72. The first-order valence-electron chi connectivity index (χ1n) is 5.63. The second-order valence-corrected chi connectivity index (χ2v) is 3.84. The predicted molar refractivity (Wildman–Crippen MR) is 69.7 cm³/mol. The van der Waals surface area contributed by atoms with Crippen LogP contribution < -0.4 is 5.32 Å². The molecule has 0 bridgehead atoms. The van der Waals surface area contributed by atoms with Crippen molar-refractivity contribution in [2.45, 2.75) is 5.92 Å². The van der Waals surface area contributed by atoms with E-state index in [1.807, 2.05) is 60.7 Å². The van der Waals surface area contributed by atoms with Gasteiger partial charge in [0.25, 0.3) is 0 Å². The minimum Gasteiger partial charge on any atom is -0.383 e. The van der Waals surface area contributed by atoms with Gasteiger partial charge >= 0.3 is 0 Å². The van der Waals surface area contributed by atoms with Gasteiger partial charge in [0.2, 0.25) is 0 Å². The molecule has 0 heterocycles. The average molecular weight is 222 g/mol. The van der Waals surface area contributed by atoms with E-state index in [1.165, 1.54) is 0 Å². The quantitative estimate of drug-likeness (QED) is 0.860. The lowest BCUT2D eigenvalue weighted by atomic mass is 10.0. The molecular weight excluding hydrogens is 208 g/mol. The van der Waals surface area contributed by atoms with E-state index in [0.717, 1.165) is 11.3 Å². The Balaban J connectivity index is 2.01. The van der Waals surface area contributed by atoms with Crippen LogP contribution in [-0.4, -0.2) is 6.54 Å². The van der Waals surface area contributed by atoms with Gasteiger partial charge in [0, 0.05) is 12.2 Å². The third kappa shape index (κ3) is 3.09. The Morgan fingerprint density at radius 3 is 2.12 bits per heavy atom. The first-order valence-corrected chi connectivity index (χ1v) is 5.63. The molecule has 0 aliphatic carbocycles. The largest absolute Gasteiger partial charge is 0.383 e. The molecule has 0 fully saturated rings. The van der Waals surface area contributed by atoms with Crippen molar-refractivity contribution in [3.05, 3.63) is 66.2 Å². The maximum Gasteiger partial charge on any atom is 0.0885 e. The van der Waals surface area contributed by atoms with Crippen molar-refractivity contribution < 1.29 is 0 Å². The molecule has 2 heteroatoms. The smallest absolute Gasteiger partial charge is 0.0885 e. The summed E-state index contributed by atoms with van der Waals surface area (Å²) >= 11 is 0. The van der Waals surface area contributed by atoms with Crippen LogP contribution in [0.1, 0.15) is 11.5 Å². The molecule has 0 saturated heterocycles. The molecular formula is C15H14N2. The summed E-state index contributed by atoms with van der Waals surface area (Å²) in [6.07, 6.45) is 0. The highest BCUT2D eigenvalue weighted by molar-refractivity contribution is 5.43. The van der Waals surface area contributed by atoms with E-state index in [0.29, 0.717) is 6.54 Å². The number of benzene rings is 2. The van der Waals surface area contributed by atoms with Crippen LogP contribution in [0.25, 0.3) is 0 Å². The van der Waals surface area contributed by atoms with Crippen LogP contribution in [0.3, 0.4) is 0 Å². The minimum atomic E-state index is -0.114. The molecule has 1 atom stereocenters. The van der Waals surface area contributed by atoms with Crippen LogP contribution in [-0.2, 0) is 0 Å². The fraction of sp³-hybridized carbons (Fsp3) is 0.133. The number of hydrogen-bond donors (Lipinski definition) is 1. The van der Waals surface area contributed by atoms with E-state index in [2.05, 4.69) is 11.4 Å². The van der Waals surface area contributed by atoms with E-state index >= 15 is 0 Å². The van der Waals surface area contributed by atoms with Gasteiger partial charge in [0.1, 0.15) is 0 Å². The van der Waals surface area contributed by atoms with Crippen LogP contribution in [0.2, 0.25) is 0 Å². The van der Waals surface area contributed by atoms with Gasteiger partial charge in [-0.25, -0.2) is 0 Å². The lowest BCUT2D eigenvalue weighted by molar-refractivity contribution is 0.901. The summed E-state index contributed by atoms with van der Waals surface area (Å²) in [6, 6.07) is 22.1. The number of nitriles is 1. The van der Waals surface area contributed by atoms with Crippen LogP contribution >= 0.6 is 0 Å². The summed E-state index contributed by atoms with van der Waals surface area (Å²) in [6.45, 7) is 0.629. The van der Waals surface area contributed by atoms with E-state index in [1.54, 1.807) is 0 Å². The van der Waals surface area contributed by atoms with Crippen LogP contribution in [0, 0.1) is 11.3 Å². The molecule has 2 rings (SSSR count). The summed E-state index contributed by atoms with van der Waals surface area (Å²) in [7, 11) is 0. The standard InChI is InChI=1S/C15H14N2/c16-11-14(13-7-3-1-4-8-13)12-17-15-9-5-2-6-10-15/h1-10,14,17H,12H2. The van der Waals surface area contributed by atoms with Gasteiger partial charge in [-0.05, 0) is 17.7 Å². The molecule has 2 aromatic rings. The van der Waals surface area contributed by atoms with E-state index in [4.69, 9.17) is 5.26 Å². The first kappa shape index (κ1) is 11.2. The van der Waals surface area contributed by atoms with Crippen LogP contribution in [0.5, 0.6) is 0 Å². The summed E-state index contributed by atoms with van der Waals surface area (Å²) < 4.78 is 0. The van der Waals surface area contributed by atoms with Crippen molar-refractivity contribution in [3.63, 3.8) is 0 Å². The molecule has 0 aliphatic rings. The van der Waals surface area contributed by atoms with E-state index in [-0.39, 0.29) is 5.92 Å². The summed E-state index contributed by atoms with van der Waals surface area (Å²) in [4.78, 5) is 0. The number of para-hydroxylation sites is 1. The third-order valence-corrected chi connectivity index (χ3v) is 2.64. The zero-order valence-corrected chi connectivity index (χ0v) is 9.51. The minimum absolute atomic E-state index is 0.114. The van der Waals surface area contributed by atoms with Gasteiger partial charge in [-0.3, -0.25) is 0 Å². The maximum absolute atomic E-state index is 9.17. The lowest BCUT2D eigenvalue weighted by Crippen LogP contribution is -2.10. The summed E-state index contributed by atoms with van der Waals surface area (Å²) in [5, 5.41) is 12.4. The van der Waals surface area contributed by atoms with Gasteiger partial charge in [-0.15, -0.1) is 0 Å². The van der Waals surface area contributed by atoms with Crippen molar-refractivity contribution in [1.82, 2.24) is 0 Å². The fourth-order valence-electron chi connectivity index (χ4n) is 1.70. The molecule has 0 aliphatic heterocycles. The Hall–Kier alpha value is -2.27. The molecule has 1 N–H and O–H groups in total. The third-order valence-electron chi connectivity index (χ3n) is 2.64. The van der Waals surface area contributed by atoms with Crippen molar-refractivity contribution in [2.75, 3.05) is 11.9 Å². The first-order chi connectivity index (χ1) is 8.40. The second-order valence-electron chi connectivity index (χ2n) is 3.84. The number of nitrogens with zero attached hydrogens (tertiary/aromatic N) is 1. The predicted octanol–water partition coefficient (Wildman–Crippen LogP) is 3.41. The molecule has 0 saturated carbocycles. The average Bonchev–Trinajstić information content (AvgIpc) is 2.42. The fourth-order valence-corrected chi connectivity index (χ4v) is 1.70. The van der Waals surface area contributed by atoms with Crippen molar-refractivity contribution in [1.29, 1.82) is 5.26 Å². The Morgan fingerprint density at radius 2 is 1.53 bits per heavy atom. The molecule has 2 nitrogen and oxygen atoms in total. The van der Waals surface area contributed by atoms with Gasteiger partial charge in [0.05, 0.1) is 12.0 Å². The van der Waals surface area contributed by atoms with Crippen LogP contribution in [0.4, 0.5) is 5.69 Å². The number of rotatable bonds is 4. The monoisotopic (exact) mass is 222 g/mol. The topological polar surface area (TPSA) is 35.8 Å². The lowest BCUT2D eigenvalue weighted by Gasteiger charge is -2.11. The SMILES string of the molecule is N#CC(CNc1ccccc1)c1ccccc1.